The zero-order valence-electron chi connectivity index (χ0n) is 21.0. The van der Waals surface area contributed by atoms with Crippen LogP contribution in [0.1, 0.15) is 61.4 Å². The van der Waals surface area contributed by atoms with Crippen LogP contribution in [0.25, 0.3) is 5.65 Å². The Morgan fingerprint density at radius 3 is 2.49 bits per heavy atom. The van der Waals surface area contributed by atoms with Gasteiger partial charge in [-0.2, -0.15) is 5.10 Å². The molecule has 0 bridgehead atoms. The molecule has 0 unspecified atom stereocenters. The molecule has 5 rings (SSSR count). The largest absolute Gasteiger partial charge is 0.486 e. The van der Waals surface area contributed by atoms with Crippen LogP contribution >= 0.6 is 0 Å². The van der Waals surface area contributed by atoms with Crippen LogP contribution in [0, 0.1) is 5.82 Å². The highest BCUT2D eigenvalue weighted by Crippen LogP contribution is 2.24. The number of rotatable bonds is 8. The molecule has 0 saturated heterocycles. The number of halogens is 1. The van der Waals surface area contributed by atoms with Crippen LogP contribution in [0.5, 0.6) is 5.75 Å². The zero-order chi connectivity index (χ0) is 27.5. The number of ether oxygens (including phenoxy) is 1. The van der Waals surface area contributed by atoms with E-state index in [4.69, 9.17) is 4.74 Å². The fourth-order valence-corrected chi connectivity index (χ4v) is 4.22. The third kappa shape index (κ3) is 5.52. The van der Waals surface area contributed by atoms with Crippen molar-refractivity contribution in [3.63, 3.8) is 0 Å². The van der Waals surface area contributed by atoms with Crippen LogP contribution in [0.4, 0.5) is 4.39 Å². The van der Waals surface area contributed by atoms with Gasteiger partial charge in [0, 0.05) is 43.1 Å². The number of amides is 2. The second-order valence-electron chi connectivity index (χ2n) is 9.04. The van der Waals surface area contributed by atoms with Gasteiger partial charge in [-0.05, 0) is 23.3 Å². The van der Waals surface area contributed by atoms with E-state index >= 15 is 0 Å². The van der Waals surface area contributed by atoms with Gasteiger partial charge in [0.2, 0.25) is 0 Å². The van der Waals surface area contributed by atoms with Crippen LogP contribution in [-0.4, -0.2) is 44.6 Å². The molecule has 0 atom stereocenters. The number of hydrogen-bond donors (Lipinski definition) is 2. The van der Waals surface area contributed by atoms with Gasteiger partial charge < -0.3 is 15.4 Å². The highest BCUT2D eigenvalue weighted by atomic mass is 19.1. The van der Waals surface area contributed by atoms with Crippen molar-refractivity contribution in [2.45, 2.75) is 32.9 Å². The summed E-state index contributed by atoms with van der Waals surface area (Å²) in [5.74, 6) is -1.37. The molecule has 198 valence electrons. The maximum atomic E-state index is 14.4. The van der Waals surface area contributed by atoms with Gasteiger partial charge in [0.25, 0.3) is 11.8 Å². The highest BCUT2D eigenvalue weighted by molar-refractivity contribution is 5.98. The second-order valence-corrected chi connectivity index (χ2v) is 9.04. The number of benzene rings is 2. The minimum absolute atomic E-state index is 0.0204. The first-order valence-corrected chi connectivity index (χ1v) is 12.3. The van der Waals surface area contributed by atoms with E-state index < -0.39 is 17.6 Å². The molecule has 0 aliphatic carbocycles. The molecule has 39 heavy (non-hydrogen) atoms. The van der Waals surface area contributed by atoms with Crippen molar-refractivity contribution < 1.29 is 28.3 Å². The predicted octanol–water partition coefficient (Wildman–Crippen LogP) is 2.83. The molecule has 11 heteroatoms. The quantitative estimate of drug-likeness (QED) is 0.336. The number of hydrogen-bond acceptors (Lipinski definition) is 7. The van der Waals surface area contributed by atoms with Crippen molar-refractivity contribution in [3.8, 4) is 5.75 Å². The lowest BCUT2D eigenvalue weighted by atomic mass is 10.0. The summed E-state index contributed by atoms with van der Waals surface area (Å²) in [4.78, 5) is 53.5. The Hall–Kier alpha value is -4.93. The van der Waals surface area contributed by atoms with Gasteiger partial charge in [-0.3, -0.25) is 19.2 Å². The van der Waals surface area contributed by atoms with Gasteiger partial charge in [0.05, 0.1) is 6.20 Å². The summed E-state index contributed by atoms with van der Waals surface area (Å²) < 4.78 is 20.8. The van der Waals surface area contributed by atoms with Gasteiger partial charge >= 0.3 is 0 Å². The van der Waals surface area contributed by atoms with Crippen molar-refractivity contribution in [3.05, 3.63) is 94.2 Å². The maximum Gasteiger partial charge on any atom is 0.270 e. The van der Waals surface area contributed by atoms with E-state index in [0.29, 0.717) is 17.7 Å². The first kappa shape index (κ1) is 25.7. The van der Waals surface area contributed by atoms with Crippen LogP contribution in [0.2, 0.25) is 0 Å². The number of nitrogens with one attached hydrogen (secondary N) is 2. The summed E-state index contributed by atoms with van der Waals surface area (Å²) >= 11 is 0. The third-order valence-corrected chi connectivity index (χ3v) is 6.30. The Kier molecular flexibility index (Phi) is 7.13. The van der Waals surface area contributed by atoms with Crippen molar-refractivity contribution in [1.82, 2.24) is 25.2 Å². The smallest absolute Gasteiger partial charge is 0.270 e. The first-order valence-electron chi connectivity index (χ1n) is 12.3. The third-order valence-electron chi connectivity index (χ3n) is 6.30. The lowest BCUT2D eigenvalue weighted by molar-refractivity contribution is -0.121. The molecule has 0 radical (unpaired) electrons. The fourth-order valence-electron chi connectivity index (χ4n) is 4.22. The van der Waals surface area contributed by atoms with Crippen molar-refractivity contribution >= 4 is 29.0 Å². The first-order chi connectivity index (χ1) is 18.8. The average Bonchev–Trinajstić information content (AvgIpc) is 3.34. The maximum absolute atomic E-state index is 14.4. The lowest BCUT2D eigenvalue weighted by Crippen LogP contribution is -2.28. The average molecular weight is 530 g/mol. The molecule has 3 heterocycles. The number of aromatic nitrogens is 3. The van der Waals surface area contributed by atoms with E-state index in [2.05, 4.69) is 20.7 Å². The van der Waals surface area contributed by atoms with Gasteiger partial charge in [-0.1, -0.05) is 37.3 Å². The summed E-state index contributed by atoms with van der Waals surface area (Å²) in [6.07, 6.45) is 1.57. The second kappa shape index (κ2) is 10.8. The number of ketones is 2. The number of carbonyl (C=O) groups excluding carboxylic acids is 4. The van der Waals surface area contributed by atoms with Crippen LogP contribution in [-0.2, 0) is 24.3 Å². The Morgan fingerprint density at radius 2 is 1.72 bits per heavy atom. The van der Waals surface area contributed by atoms with Crippen molar-refractivity contribution in [2.75, 3.05) is 6.61 Å². The van der Waals surface area contributed by atoms with Crippen LogP contribution in [0.15, 0.2) is 54.7 Å². The number of nitrogens with zero attached hydrogens (tertiary/aromatic N) is 3. The Balaban J connectivity index is 1.31. The summed E-state index contributed by atoms with van der Waals surface area (Å²) in [6, 6.07) is 13.4. The van der Waals surface area contributed by atoms with Gasteiger partial charge in [0.15, 0.2) is 23.0 Å². The monoisotopic (exact) mass is 529 g/mol. The van der Waals surface area contributed by atoms with Gasteiger partial charge in [-0.25, -0.2) is 13.9 Å². The lowest BCUT2D eigenvalue weighted by Gasteiger charge is -2.17. The van der Waals surface area contributed by atoms with Gasteiger partial charge in [-0.15, -0.1) is 0 Å². The van der Waals surface area contributed by atoms with Gasteiger partial charge in [0.1, 0.15) is 23.7 Å². The van der Waals surface area contributed by atoms with Crippen LogP contribution in [0.3, 0.4) is 0 Å². The van der Waals surface area contributed by atoms with E-state index in [1.54, 1.807) is 49.4 Å². The highest BCUT2D eigenvalue weighted by Gasteiger charge is 2.21. The summed E-state index contributed by atoms with van der Waals surface area (Å²) in [5, 5.41) is 9.33. The molecular weight excluding hydrogens is 505 g/mol. The molecule has 2 N–H and O–H groups in total. The van der Waals surface area contributed by atoms with E-state index in [0.717, 1.165) is 27.4 Å². The van der Waals surface area contributed by atoms with E-state index in [1.807, 2.05) is 0 Å². The molecule has 2 amide bonds. The summed E-state index contributed by atoms with van der Waals surface area (Å²) in [6.45, 7) is 2.09. The predicted molar refractivity (Wildman–Crippen MR) is 137 cm³/mol. The SMILES string of the molecule is CCC(=O)c1ccc(CNC(=O)c2cc(C(=O)NCc3ccc4c(c3)CC(=O)CO4)nc3c(F)cnn23)cc1. The van der Waals surface area contributed by atoms with E-state index in [1.165, 1.54) is 6.07 Å². The molecule has 1 aliphatic heterocycles. The minimum Gasteiger partial charge on any atom is -0.486 e. The Labute approximate surface area is 222 Å². The number of Topliss-reactive ketones (excluding diaryl/α,β-unsaturated/α-hetero) is 2. The zero-order valence-corrected chi connectivity index (χ0v) is 21.0. The molecular formula is C28H24FN5O5. The number of fused-ring (bicyclic) bond motifs is 2. The topological polar surface area (TPSA) is 132 Å². The van der Waals surface area contributed by atoms with Crippen molar-refractivity contribution in [1.29, 1.82) is 0 Å². The van der Waals surface area contributed by atoms with Crippen molar-refractivity contribution in [2.24, 2.45) is 0 Å². The normalized spacial score (nSPS) is 12.5. The summed E-state index contributed by atoms with van der Waals surface area (Å²) in [7, 11) is 0. The molecule has 1 aliphatic rings. The minimum atomic E-state index is -0.783. The molecule has 2 aromatic carbocycles. The molecule has 0 fully saturated rings. The molecule has 0 spiro atoms. The van der Waals surface area contributed by atoms with E-state index in [9.17, 15) is 23.6 Å². The fraction of sp³-hybridized carbons (Fsp3) is 0.214. The Bertz CT molecular complexity index is 1610. The number of carbonyl (C=O) groups is 4. The van der Waals surface area contributed by atoms with Crippen LogP contribution < -0.4 is 15.4 Å². The summed E-state index contributed by atoms with van der Waals surface area (Å²) in [5.41, 5.74) is 2.32. The molecule has 4 aromatic rings. The Morgan fingerprint density at radius 1 is 1.00 bits per heavy atom. The molecule has 0 saturated carbocycles. The van der Waals surface area contributed by atoms with E-state index in [-0.39, 0.29) is 54.7 Å². The molecule has 10 nitrogen and oxygen atoms in total. The standard InChI is InChI=1S/C28H24FN5O5/c1-2-24(36)18-6-3-16(4-7-18)12-31-28(38)23-11-22(33-26-21(29)14-32-34(23)26)27(37)30-13-17-5-8-25-19(9-17)10-20(35)15-39-25/h3-9,11,14H,2,10,12-13,15H2,1H3,(H,30,37)(H,31,38). The molecule has 2 aromatic heterocycles.